The van der Waals surface area contributed by atoms with Crippen LogP contribution >= 0.6 is 0 Å². The van der Waals surface area contributed by atoms with Crippen molar-refractivity contribution < 1.29 is 27.9 Å². The summed E-state index contributed by atoms with van der Waals surface area (Å²) < 4.78 is 28.1. The van der Waals surface area contributed by atoms with E-state index < -0.39 is 33.2 Å². The van der Waals surface area contributed by atoms with E-state index in [0.29, 0.717) is 0 Å². The van der Waals surface area contributed by atoms with E-state index in [1.165, 1.54) is 11.0 Å². The molecule has 0 aliphatic carbocycles. The minimum absolute atomic E-state index is 0.0215. The molecule has 1 N–H and O–H groups in total. The van der Waals surface area contributed by atoms with Crippen molar-refractivity contribution in [3.8, 4) is 0 Å². The number of carbonyl (C=O) groups excluding carboxylic acids is 1. The van der Waals surface area contributed by atoms with Crippen molar-refractivity contribution in [2.24, 2.45) is 11.3 Å². The number of carboxylic acid groups (broad SMARTS) is 1. The Balaban J connectivity index is 2.15. The van der Waals surface area contributed by atoms with E-state index in [4.69, 9.17) is 4.74 Å². The maximum atomic E-state index is 11.9. The van der Waals surface area contributed by atoms with Crippen molar-refractivity contribution in [1.29, 1.82) is 0 Å². The Hall–Kier alpha value is -1.57. The highest BCUT2D eigenvalue weighted by Gasteiger charge is 2.53. The zero-order valence-electron chi connectivity index (χ0n) is 11.7. The minimum atomic E-state index is -3.09. The van der Waals surface area contributed by atoms with Gasteiger partial charge in [-0.25, -0.2) is 13.2 Å². The molecule has 2 heterocycles. The summed E-state index contributed by atoms with van der Waals surface area (Å²) in [5.74, 6) is -1.78. The molecule has 2 fully saturated rings. The van der Waals surface area contributed by atoms with Gasteiger partial charge >= 0.3 is 12.1 Å². The molecule has 1 amide bonds. The fraction of sp³-hybridized carbons (Fsp3) is 0.692. The summed E-state index contributed by atoms with van der Waals surface area (Å²) in [6, 6.07) is 0. The second-order valence-corrected chi connectivity index (χ2v) is 7.95. The highest BCUT2D eigenvalue weighted by Crippen LogP contribution is 2.45. The zero-order valence-corrected chi connectivity index (χ0v) is 12.5. The molecule has 0 aromatic rings. The van der Waals surface area contributed by atoms with Gasteiger partial charge < -0.3 is 14.7 Å². The average Bonchev–Trinajstić information content (AvgIpc) is 2.80. The van der Waals surface area contributed by atoms with Crippen LogP contribution in [0.4, 0.5) is 4.79 Å². The van der Waals surface area contributed by atoms with Gasteiger partial charge in [0.05, 0.1) is 17.4 Å². The standard InChI is InChI=1S/C13H19NO6S/c1-2-5-20-12(17)14-8-10(11(15)16)13(9-14)3-6-21(18,19)7-4-13/h2,10H,1,3-9H2,(H,15,16). The fourth-order valence-electron chi connectivity index (χ4n) is 3.12. The molecule has 1 atom stereocenters. The Kier molecular flexibility index (Phi) is 4.27. The summed E-state index contributed by atoms with van der Waals surface area (Å²) in [4.78, 5) is 24.7. The number of ether oxygens (including phenoxy) is 1. The molecule has 0 aromatic heterocycles. The van der Waals surface area contributed by atoms with Crippen LogP contribution in [0.15, 0.2) is 12.7 Å². The maximum absolute atomic E-state index is 11.9. The number of rotatable bonds is 3. The molecule has 0 radical (unpaired) electrons. The SMILES string of the molecule is C=CCOC(=O)N1CC(C(=O)O)C2(CCS(=O)(=O)CC2)C1. The third kappa shape index (κ3) is 3.20. The van der Waals surface area contributed by atoms with Crippen LogP contribution in [0, 0.1) is 11.3 Å². The van der Waals surface area contributed by atoms with Gasteiger partial charge in [0.1, 0.15) is 16.4 Å². The molecule has 1 spiro atoms. The molecule has 2 aliphatic rings. The van der Waals surface area contributed by atoms with Crippen molar-refractivity contribution in [3.05, 3.63) is 12.7 Å². The average molecular weight is 317 g/mol. The Morgan fingerprint density at radius 3 is 2.52 bits per heavy atom. The number of sulfone groups is 1. The molecule has 0 saturated carbocycles. The molecule has 7 nitrogen and oxygen atoms in total. The van der Waals surface area contributed by atoms with Gasteiger partial charge in [0.2, 0.25) is 0 Å². The van der Waals surface area contributed by atoms with Gasteiger partial charge in [-0.1, -0.05) is 12.7 Å². The molecule has 2 rings (SSSR count). The molecule has 2 aliphatic heterocycles. The third-order valence-corrected chi connectivity index (χ3v) is 6.00. The number of hydrogen-bond acceptors (Lipinski definition) is 5. The maximum Gasteiger partial charge on any atom is 0.410 e. The van der Waals surface area contributed by atoms with Crippen LogP contribution in [0.3, 0.4) is 0 Å². The summed E-state index contributed by atoms with van der Waals surface area (Å²) in [5, 5.41) is 9.39. The second-order valence-electron chi connectivity index (χ2n) is 5.65. The first-order valence-electron chi connectivity index (χ1n) is 6.75. The summed E-state index contributed by atoms with van der Waals surface area (Å²) in [5.41, 5.74) is -0.662. The number of amides is 1. The van der Waals surface area contributed by atoms with E-state index in [1.807, 2.05) is 0 Å². The van der Waals surface area contributed by atoms with Crippen molar-refractivity contribution in [1.82, 2.24) is 4.90 Å². The number of likely N-dealkylation sites (tertiary alicyclic amines) is 1. The van der Waals surface area contributed by atoms with E-state index in [1.54, 1.807) is 0 Å². The van der Waals surface area contributed by atoms with Gasteiger partial charge in [-0.2, -0.15) is 0 Å². The van der Waals surface area contributed by atoms with Crippen LogP contribution < -0.4 is 0 Å². The summed E-state index contributed by atoms with van der Waals surface area (Å²) >= 11 is 0. The number of nitrogens with zero attached hydrogens (tertiary/aromatic N) is 1. The first kappa shape index (κ1) is 15.8. The van der Waals surface area contributed by atoms with Crippen molar-refractivity contribution in [2.45, 2.75) is 12.8 Å². The quantitative estimate of drug-likeness (QED) is 0.762. The topological polar surface area (TPSA) is 101 Å². The second kappa shape index (κ2) is 5.67. The Morgan fingerprint density at radius 2 is 2.00 bits per heavy atom. The zero-order chi connectivity index (χ0) is 15.7. The number of hydrogen-bond donors (Lipinski definition) is 1. The van der Waals surface area contributed by atoms with Crippen LogP contribution in [-0.2, 0) is 19.4 Å². The van der Waals surface area contributed by atoms with E-state index in [-0.39, 0.29) is 44.0 Å². The van der Waals surface area contributed by atoms with Gasteiger partial charge in [-0.15, -0.1) is 0 Å². The van der Waals surface area contributed by atoms with E-state index in [2.05, 4.69) is 6.58 Å². The lowest BCUT2D eigenvalue weighted by atomic mass is 9.73. The molecule has 0 aromatic carbocycles. The van der Waals surface area contributed by atoms with E-state index in [0.717, 1.165) is 0 Å². The van der Waals surface area contributed by atoms with Gasteiger partial charge in [0.15, 0.2) is 0 Å². The Bertz CT molecular complexity index is 541. The van der Waals surface area contributed by atoms with Crippen LogP contribution in [0.1, 0.15) is 12.8 Å². The molecular formula is C13H19NO6S. The summed E-state index contributed by atoms with van der Waals surface area (Å²) in [7, 11) is -3.09. The summed E-state index contributed by atoms with van der Waals surface area (Å²) in [6.45, 7) is 3.80. The van der Waals surface area contributed by atoms with Crippen LogP contribution in [-0.4, -0.2) is 61.7 Å². The lowest BCUT2D eigenvalue weighted by Crippen LogP contribution is -2.42. The molecule has 21 heavy (non-hydrogen) atoms. The third-order valence-electron chi connectivity index (χ3n) is 4.35. The molecule has 1 unspecified atom stereocenters. The van der Waals surface area contributed by atoms with Crippen LogP contribution in [0.5, 0.6) is 0 Å². The van der Waals surface area contributed by atoms with E-state index in [9.17, 15) is 23.1 Å². The van der Waals surface area contributed by atoms with Gasteiger partial charge in [0.25, 0.3) is 0 Å². The monoisotopic (exact) mass is 317 g/mol. The van der Waals surface area contributed by atoms with Gasteiger partial charge in [-0.05, 0) is 12.8 Å². The number of carboxylic acids is 1. The number of aliphatic carboxylic acids is 1. The Morgan fingerprint density at radius 1 is 1.38 bits per heavy atom. The Labute approximate surface area is 123 Å². The van der Waals surface area contributed by atoms with Crippen molar-refractivity contribution in [2.75, 3.05) is 31.2 Å². The van der Waals surface area contributed by atoms with Gasteiger partial charge in [0, 0.05) is 18.5 Å². The fourth-order valence-corrected chi connectivity index (χ4v) is 4.76. The molecule has 118 valence electrons. The molecule has 2 saturated heterocycles. The first-order chi connectivity index (χ1) is 9.80. The molecular weight excluding hydrogens is 298 g/mol. The van der Waals surface area contributed by atoms with Crippen LogP contribution in [0.25, 0.3) is 0 Å². The lowest BCUT2D eigenvalue weighted by Gasteiger charge is -2.35. The first-order valence-corrected chi connectivity index (χ1v) is 8.58. The smallest absolute Gasteiger partial charge is 0.410 e. The summed E-state index contributed by atoms with van der Waals surface area (Å²) in [6.07, 6.45) is 1.41. The van der Waals surface area contributed by atoms with E-state index >= 15 is 0 Å². The number of carbonyl (C=O) groups is 2. The van der Waals surface area contributed by atoms with Crippen molar-refractivity contribution >= 4 is 21.9 Å². The normalized spacial score (nSPS) is 26.5. The van der Waals surface area contributed by atoms with Crippen LogP contribution in [0.2, 0.25) is 0 Å². The molecule has 0 bridgehead atoms. The highest BCUT2D eigenvalue weighted by molar-refractivity contribution is 7.91. The largest absolute Gasteiger partial charge is 0.481 e. The van der Waals surface area contributed by atoms with Gasteiger partial charge in [-0.3, -0.25) is 4.79 Å². The predicted molar refractivity (Wildman–Crippen MR) is 74.6 cm³/mol. The molecule has 8 heteroatoms. The predicted octanol–water partition coefficient (Wildman–Crippen LogP) is 0.520. The lowest BCUT2D eigenvalue weighted by molar-refractivity contribution is -0.145. The highest BCUT2D eigenvalue weighted by atomic mass is 32.2. The minimum Gasteiger partial charge on any atom is -0.481 e. The van der Waals surface area contributed by atoms with Crippen molar-refractivity contribution in [3.63, 3.8) is 0 Å².